The second kappa shape index (κ2) is 8.22. The number of nitrogens with one attached hydrogen (secondary N) is 1. The van der Waals surface area contributed by atoms with Gasteiger partial charge in [0.05, 0.1) is 25.3 Å². The van der Waals surface area contributed by atoms with E-state index in [9.17, 15) is 4.79 Å². The zero-order valence-electron chi connectivity index (χ0n) is 16.3. The average Bonchev–Trinajstić information content (AvgIpc) is 3.03. The molecule has 1 unspecified atom stereocenters. The summed E-state index contributed by atoms with van der Waals surface area (Å²) in [7, 11) is 5.66. The van der Waals surface area contributed by atoms with Crippen LogP contribution in [-0.2, 0) is 11.2 Å². The summed E-state index contributed by atoms with van der Waals surface area (Å²) in [5, 5.41) is 3.03. The van der Waals surface area contributed by atoms with Crippen molar-refractivity contribution in [2.24, 2.45) is 0 Å². The molecule has 142 valence electrons. The average molecular weight is 366 g/mol. The Morgan fingerprint density at radius 2 is 2.00 bits per heavy atom. The molecule has 3 aromatic rings. The molecule has 0 aliphatic heterocycles. The van der Waals surface area contributed by atoms with Crippen molar-refractivity contribution in [1.29, 1.82) is 0 Å². The first-order valence-electron chi connectivity index (χ1n) is 8.97. The van der Waals surface area contributed by atoms with E-state index in [4.69, 9.17) is 4.74 Å². The number of benzene rings is 1. The summed E-state index contributed by atoms with van der Waals surface area (Å²) in [6, 6.07) is 12.0. The Hall–Kier alpha value is -2.86. The standard InChI is InChI=1S/C21H26N4O2/c1-15-9-10-25-14-17(23-20(25)11-15)12-21(26)22-13-19(24(2)3)16-5-7-18(27-4)8-6-16/h5-11,14,19H,12-13H2,1-4H3,(H,22,26). The number of methoxy groups -OCH3 is 1. The molecule has 2 heterocycles. The third-order valence-corrected chi connectivity index (χ3v) is 4.62. The molecule has 1 amide bonds. The quantitative estimate of drug-likeness (QED) is 0.698. The number of fused-ring (bicyclic) bond motifs is 1. The van der Waals surface area contributed by atoms with Crippen LogP contribution in [0.25, 0.3) is 5.65 Å². The molecule has 1 aromatic carbocycles. The summed E-state index contributed by atoms with van der Waals surface area (Å²) in [5.74, 6) is 0.790. The Balaban J connectivity index is 1.62. The summed E-state index contributed by atoms with van der Waals surface area (Å²) < 4.78 is 7.15. The molecule has 6 heteroatoms. The molecule has 3 rings (SSSR count). The lowest BCUT2D eigenvalue weighted by atomic mass is 10.1. The number of imidazole rings is 1. The second-order valence-corrected chi connectivity index (χ2v) is 6.94. The molecule has 1 atom stereocenters. The molecule has 0 bridgehead atoms. The van der Waals surface area contributed by atoms with Gasteiger partial charge in [-0.3, -0.25) is 4.79 Å². The number of amides is 1. The Bertz CT molecular complexity index is 916. The lowest BCUT2D eigenvalue weighted by Gasteiger charge is -2.25. The van der Waals surface area contributed by atoms with E-state index in [1.807, 2.05) is 74.2 Å². The van der Waals surface area contributed by atoms with Gasteiger partial charge in [-0.25, -0.2) is 4.98 Å². The minimum Gasteiger partial charge on any atom is -0.497 e. The summed E-state index contributed by atoms with van der Waals surface area (Å²) >= 11 is 0. The van der Waals surface area contributed by atoms with Crippen LogP contribution in [0.5, 0.6) is 5.75 Å². The SMILES string of the molecule is COc1ccc(C(CNC(=O)Cc2cn3ccc(C)cc3n2)N(C)C)cc1. The molecule has 0 saturated heterocycles. The fourth-order valence-electron chi connectivity index (χ4n) is 3.08. The van der Waals surface area contributed by atoms with Gasteiger partial charge < -0.3 is 19.4 Å². The van der Waals surface area contributed by atoms with Crippen molar-refractivity contribution in [3.05, 3.63) is 65.6 Å². The van der Waals surface area contributed by atoms with E-state index in [-0.39, 0.29) is 18.4 Å². The Labute approximate surface area is 159 Å². The second-order valence-electron chi connectivity index (χ2n) is 6.94. The van der Waals surface area contributed by atoms with Gasteiger partial charge in [-0.15, -0.1) is 0 Å². The van der Waals surface area contributed by atoms with Gasteiger partial charge >= 0.3 is 0 Å². The molecular weight excluding hydrogens is 340 g/mol. The molecule has 1 N–H and O–H groups in total. The molecule has 0 radical (unpaired) electrons. The Kier molecular flexibility index (Phi) is 5.76. The third-order valence-electron chi connectivity index (χ3n) is 4.62. The molecule has 2 aromatic heterocycles. The highest BCUT2D eigenvalue weighted by Gasteiger charge is 2.16. The van der Waals surface area contributed by atoms with Crippen LogP contribution in [0.4, 0.5) is 0 Å². The van der Waals surface area contributed by atoms with Gasteiger partial charge in [-0.1, -0.05) is 12.1 Å². The fraction of sp³-hybridized carbons (Fsp3) is 0.333. The van der Waals surface area contributed by atoms with Crippen molar-refractivity contribution in [2.45, 2.75) is 19.4 Å². The number of aromatic nitrogens is 2. The monoisotopic (exact) mass is 366 g/mol. The zero-order valence-corrected chi connectivity index (χ0v) is 16.3. The number of rotatable bonds is 7. The van der Waals surface area contributed by atoms with E-state index in [1.54, 1.807) is 7.11 Å². The van der Waals surface area contributed by atoms with Crippen LogP contribution in [0.1, 0.15) is 22.9 Å². The van der Waals surface area contributed by atoms with Crippen LogP contribution in [0, 0.1) is 6.92 Å². The minimum atomic E-state index is -0.0320. The van der Waals surface area contributed by atoms with Crippen molar-refractivity contribution in [1.82, 2.24) is 19.6 Å². The number of hydrogen-bond acceptors (Lipinski definition) is 4. The van der Waals surface area contributed by atoms with Crippen LogP contribution in [-0.4, -0.2) is 47.9 Å². The van der Waals surface area contributed by atoms with Crippen LogP contribution in [0.2, 0.25) is 0 Å². The van der Waals surface area contributed by atoms with Crippen molar-refractivity contribution >= 4 is 11.6 Å². The van der Waals surface area contributed by atoms with E-state index in [0.29, 0.717) is 6.54 Å². The van der Waals surface area contributed by atoms with E-state index in [2.05, 4.69) is 15.2 Å². The smallest absolute Gasteiger partial charge is 0.226 e. The summed E-state index contributed by atoms with van der Waals surface area (Å²) in [4.78, 5) is 19.0. The molecule has 0 fully saturated rings. The number of pyridine rings is 1. The van der Waals surface area contributed by atoms with Gasteiger partial charge in [-0.05, 0) is 56.4 Å². The molecule has 0 aliphatic rings. The van der Waals surface area contributed by atoms with E-state index < -0.39 is 0 Å². The number of carbonyl (C=O) groups is 1. The maximum absolute atomic E-state index is 12.4. The molecular formula is C21H26N4O2. The first kappa shape index (κ1) is 18.9. The first-order chi connectivity index (χ1) is 13.0. The molecule has 6 nitrogen and oxygen atoms in total. The maximum Gasteiger partial charge on any atom is 0.226 e. The highest BCUT2D eigenvalue weighted by Crippen LogP contribution is 2.20. The summed E-state index contributed by atoms with van der Waals surface area (Å²) in [6.45, 7) is 2.56. The molecule has 27 heavy (non-hydrogen) atoms. The predicted molar refractivity (Wildman–Crippen MR) is 106 cm³/mol. The van der Waals surface area contributed by atoms with Crippen molar-refractivity contribution in [3.8, 4) is 5.75 Å². The highest BCUT2D eigenvalue weighted by molar-refractivity contribution is 5.78. The topological polar surface area (TPSA) is 58.9 Å². The summed E-state index contributed by atoms with van der Waals surface area (Å²) in [5.41, 5.74) is 3.91. The van der Waals surface area contributed by atoms with E-state index in [1.165, 1.54) is 0 Å². The van der Waals surface area contributed by atoms with Crippen LogP contribution in [0.3, 0.4) is 0 Å². The van der Waals surface area contributed by atoms with Crippen LogP contribution < -0.4 is 10.1 Å². The largest absolute Gasteiger partial charge is 0.497 e. The number of hydrogen-bond donors (Lipinski definition) is 1. The van der Waals surface area contributed by atoms with Crippen LogP contribution >= 0.6 is 0 Å². The number of nitrogens with zero attached hydrogens (tertiary/aromatic N) is 3. The maximum atomic E-state index is 12.4. The number of ether oxygens (including phenoxy) is 1. The zero-order chi connectivity index (χ0) is 19.4. The van der Waals surface area contributed by atoms with Crippen molar-refractivity contribution < 1.29 is 9.53 Å². The van der Waals surface area contributed by atoms with Gasteiger partial charge in [0.2, 0.25) is 5.91 Å². The van der Waals surface area contributed by atoms with Gasteiger partial charge in [0.25, 0.3) is 0 Å². The number of aryl methyl sites for hydroxylation is 1. The first-order valence-corrected chi connectivity index (χ1v) is 8.97. The van der Waals surface area contributed by atoms with Crippen LogP contribution in [0.15, 0.2) is 48.8 Å². The van der Waals surface area contributed by atoms with E-state index >= 15 is 0 Å². The Morgan fingerprint density at radius 3 is 2.67 bits per heavy atom. The highest BCUT2D eigenvalue weighted by atomic mass is 16.5. The van der Waals surface area contributed by atoms with Crippen molar-refractivity contribution in [3.63, 3.8) is 0 Å². The summed E-state index contributed by atoms with van der Waals surface area (Å²) in [6.07, 6.45) is 4.13. The lowest BCUT2D eigenvalue weighted by Crippen LogP contribution is -2.35. The predicted octanol–water partition coefficient (Wildman–Crippen LogP) is 2.61. The normalized spacial score (nSPS) is 12.3. The molecule has 0 spiro atoms. The number of likely N-dealkylation sites (N-methyl/N-ethyl adjacent to an activating group) is 1. The Morgan fingerprint density at radius 1 is 1.26 bits per heavy atom. The van der Waals surface area contributed by atoms with Gasteiger partial charge in [0.1, 0.15) is 11.4 Å². The van der Waals surface area contributed by atoms with Gasteiger partial charge in [0, 0.05) is 18.9 Å². The fourth-order valence-corrected chi connectivity index (χ4v) is 3.08. The third kappa shape index (κ3) is 4.65. The van der Waals surface area contributed by atoms with Gasteiger partial charge in [-0.2, -0.15) is 0 Å². The lowest BCUT2D eigenvalue weighted by molar-refractivity contribution is -0.120. The van der Waals surface area contributed by atoms with E-state index in [0.717, 1.165) is 28.2 Å². The minimum absolute atomic E-state index is 0.0320. The van der Waals surface area contributed by atoms with Gasteiger partial charge in [0.15, 0.2) is 0 Å². The molecule has 0 saturated carbocycles. The molecule has 0 aliphatic carbocycles. The van der Waals surface area contributed by atoms with Crippen molar-refractivity contribution in [2.75, 3.05) is 27.7 Å². The number of carbonyl (C=O) groups excluding carboxylic acids is 1.